The minimum atomic E-state index is -1.92. The number of para-hydroxylation sites is 1. The number of primary amides is 1. The molecule has 0 spiro atoms. The average Bonchev–Trinajstić information content (AvgIpc) is 3.55. The van der Waals surface area contributed by atoms with Gasteiger partial charge in [0, 0.05) is 23.4 Å². The fraction of sp³-hybridized carbons (Fsp3) is 0.452. The number of ether oxygens (including phenoxy) is 1. The van der Waals surface area contributed by atoms with E-state index in [1.54, 1.807) is 12.5 Å². The van der Waals surface area contributed by atoms with Gasteiger partial charge in [0.1, 0.15) is 17.0 Å². The van der Waals surface area contributed by atoms with Crippen molar-refractivity contribution in [3.63, 3.8) is 0 Å². The average molecular weight is 563 g/mol. The van der Waals surface area contributed by atoms with Crippen molar-refractivity contribution in [2.24, 2.45) is 5.73 Å². The topological polar surface area (TPSA) is 105 Å². The largest absolute Gasteiger partial charge is 0.494 e. The summed E-state index contributed by atoms with van der Waals surface area (Å²) in [4.78, 5) is 21.0. The highest BCUT2D eigenvalue weighted by atomic mass is 28.4. The van der Waals surface area contributed by atoms with Gasteiger partial charge in [-0.3, -0.25) is 4.79 Å². The fourth-order valence-electron chi connectivity index (χ4n) is 4.51. The molecule has 0 fully saturated rings. The molecule has 8 nitrogen and oxygen atoms in total. The van der Waals surface area contributed by atoms with E-state index in [4.69, 9.17) is 24.3 Å². The Hall–Kier alpha value is -3.43. The highest BCUT2D eigenvalue weighted by molar-refractivity contribution is 6.74. The van der Waals surface area contributed by atoms with E-state index in [1.807, 2.05) is 41.0 Å². The molecule has 2 heterocycles. The van der Waals surface area contributed by atoms with Gasteiger partial charge in [-0.05, 0) is 74.7 Å². The van der Waals surface area contributed by atoms with Gasteiger partial charge in [0.15, 0.2) is 13.9 Å². The Balaban J connectivity index is 1.66. The number of imidazole rings is 1. The summed E-state index contributed by atoms with van der Waals surface area (Å²) in [6.45, 7) is 16.2. The summed E-state index contributed by atoms with van der Waals surface area (Å²) in [6.07, 6.45) is 5.98. The first-order valence-electron chi connectivity index (χ1n) is 14.0. The maximum absolute atomic E-state index is 11.8. The minimum Gasteiger partial charge on any atom is -0.494 e. The lowest BCUT2D eigenvalue weighted by atomic mass is 9.99. The molecule has 0 aliphatic rings. The molecule has 214 valence electrons. The summed E-state index contributed by atoms with van der Waals surface area (Å²) in [6, 6.07) is 13.6. The lowest BCUT2D eigenvalue weighted by Crippen LogP contribution is -2.43. The highest BCUT2D eigenvalue weighted by Crippen LogP contribution is 2.39. The molecular weight excluding hydrogens is 520 g/mol. The van der Waals surface area contributed by atoms with E-state index >= 15 is 0 Å². The van der Waals surface area contributed by atoms with Crippen LogP contribution < -0.4 is 10.5 Å². The molecule has 2 N–H and O–H groups in total. The van der Waals surface area contributed by atoms with Crippen LogP contribution in [0.25, 0.3) is 22.6 Å². The zero-order chi connectivity index (χ0) is 29.1. The third-order valence-corrected chi connectivity index (χ3v) is 12.3. The number of carbonyl (C=O) groups excluding carboxylic acids is 1. The molecule has 1 unspecified atom stereocenters. The van der Waals surface area contributed by atoms with Gasteiger partial charge >= 0.3 is 0 Å². The van der Waals surface area contributed by atoms with Crippen molar-refractivity contribution >= 4 is 25.3 Å². The third kappa shape index (κ3) is 6.64. The van der Waals surface area contributed by atoms with Crippen LogP contribution in [0.15, 0.2) is 59.4 Å². The summed E-state index contributed by atoms with van der Waals surface area (Å²) in [5.74, 6) is 0.809. The van der Waals surface area contributed by atoms with Crippen molar-refractivity contribution in [1.82, 2.24) is 14.5 Å². The van der Waals surface area contributed by atoms with Crippen LogP contribution in [0.4, 0.5) is 0 Å². The second-order valence-electron chi connectivity index (χ2n) is 11.9. The molecule has 4 rings (SSSR count). The predicted molar refractivity (Wildman–Crippen MR) is 161 cm³/mol. The number of nitrogens with zero attached hydrogens (tertiary/aromatic N) is 3. The van der Waals surface area contributed by atoms with Gasteiger partial charge in [0.2, 0.25) is 5.89 Å². The van der Waals surface area contributed by atoms with Crippen molar-refractivity contribution in [3.05, 3.63) is 66.2 Å². The van der Waals surface area contributed by atoms with Crippen LogP contribution in [0.1, 0.15) is 76.0 Å². The monoisotopic (exact) mass is 562 g/mol. The molecular formula is C31H42N4O4Si. The molecule has 2 aromatic heterocycles. The molecule has 0 saturated carbocycles. The zero-order valence-corrected chi connectivity index (χ0v) is 25.7. The van der Waals surface area contributed by atoms with Gasteiger partial charge in [-0.15, -0.1) is 0 Å². The summed E-state index contributed by atoms with van der Waals surface area (Å²) in [5.41, 5.74) is 9.10. The molecule has 40 heavy (non-hydrogen) atoms. The van der Waals surface area contributed by atoms with E-state index in [0.29, 0.717) is 18.1 Å². The minimum absolute atomic E-state index is 0.0723. The molecule has 9 heteroatoms. The third-order valence-electron chi connectivity index (χ3n) is 7.75. The molecule has 0 saturated heterocycles. The molecule has 0 aliphatic heterocycles. The second-order valence-corrected chi connectivity index (χ2v) is 16.7. The Morgan fingerprint density at radius 2 is 1.85 bits per heavy atom. The van der Waals surface area contributed by atoms with E-state index in [2.05, 4.69) is 58.8 Å². The van der Waals surface area contributed by atoms with Crippen molar-refractivity contribution in [2.75, 3.05) is 6.61 Å². The summed E-state index contributed by atoms with van der Waals surface area (Å²) >= 11 is 0. The molecule has 0 radical (unpaired) electrons. The van der Waals surface area contributed by atoms with Gasteiger partial charge in [-0.1, -0.05) is 39.8 Å². The smallest absolute Gasteiger partial charge is 0.268 e. The maximum Gasteiger partial charge on any atom is 0.268 e. The highest BCUT2D eigenvalue weighted by Gasteiger charge is 2.38. The Morgan fingerprint density at radius 1 is 1.12 bits per heavy atom. The van der Waals surface area contributed by atoms with Gasteiger partial charge in [0.05, 0.1) is 19.0 Å². The molecule has 4 aromatic rings. The Bertz CT molecular complexity index is 1440. The van der Waals surface area contributed by atoms with Crippen LogP contribution in [0.3, 0.4) is 0 Å². The molecule has 2 atom stereocenters. The number of rotatable bonds is 12. The number of hydrogen-bond donors (Lipinski definition) is 1. The predicted octanol–water partition coefficient (Wildman–Crippen LogP) is 7.36. The number of aromatic nitrogens is 3. The lowest BCUT2D eigenvalue weighted by molar-refractivity contribution is 0.0996. The van der Waals surface area contributed by atoms with Gasteiger partial charge < -0.3 is 23.9 Å². The molecule has 2 aromatic carbocycles. The first-order valence-corrected chi connectivity index (χ1v) is 16.9. The van der Waals surface area contributed by atoms with Crippen molar-refractivity contribution < 1.29 is 18.4 Å². The van der Waals surface area contributed by atoms with Gasteiger partial charge in [-0.2, -0.15) is 0 Å². The van der Waals surface area contributed by atoms with Crippen LogP contribution in [0.2, 0.25) is 18.1 Å². The second kappa shape index (κ2) is 12.0. The Labute approximate surface area is 238 Å². The van der Waals surface area contributed by atoms with Crippen LogP contribution in [0.5, 0.6) is 5.75 Å². The SMILES string of the molecule is CCCOc1ccc(-c2nc3c(C(CC[C@H](C)O[Si](C)(C)C(C)(C)C)n4cnc(C(N)=O)c4)cccc3o2)cc1. The Morgan fingerprint density at radius 3 is 2.48 bits per heavy atom. The number of oxazole rings is 1. The van der Waals surface area contributed by atoms with Crippen LogP contribution >= 0.6 is 0 Å². The summed E-state index contributed by atoms with van der Waals surface area (Å²) in [7, 11) is -1.92. The summed E-state index contributed by atoms with van der Waals surface area (Å²) in [5, 5.41) is 0.129. The first-order chi connectivity index (χ1) is 18.9. The number of nitrogens with two attached hydrogens (primary N) is 1. The van der Waals surface area contributed by atoms with Gasteiger partial charge in [0.25, 0.3) is 5.91 Å². The van der Waals surface area contributed by atoms with Crippen LogP contribution in [-0.4, -0.2) is 41.5 Å². The van der Waals surface area contributed by atoms with E-state index in [1.165, 1.54) is 0 Å². The van der Waals surface area contributed by atoms with E-state index in [-0.39, 0.29) is 22.9 Å². The van der Waals surface area contributed by atoms with Gasteiger partial charge in [-0.25, -0.2) is 9.97 Å². The number of fused-ring (bicyclic) bond motifs is 1. The van der Waals surface area contributed by atoms with Crippen LogP contribution in [0, 0.1) is 0 Å². The fourth-order valence-corrected chi connectivity index (χ4v) is 5.98. The number of carbonyl (C=O) groups is 1. The van der Waals surface area contributed by atoms with E-state index in [0.717, 1.165) is 41.7 Å². The zero-order valence-electron chi connectivity index (χ0n) is 24.7. The van der Waals surface area contributed by atoms with Crippen molar-refractivity contribution in [2.45, 2.75) is 84.2 Å². The van der Waals surface area contributed by atoms with E-state index in [9.17, 15) is 4.79 Å². The molecule has 1 amide bonds. The van der Waals surface area contributed by atoms with Crippen molar-refractivity contribution in [1.29, 1.82) is 0 Å². The summed E-state index contributed by atoms with van der Waals surface area (Å²) < 4.78 is 20.5. The quantitative estimate of drug-likeness (QED) is 0.181. The Kier molecular flexibility index (Phi) is 8.85. The lowest BCUT2D eigenvalue weighted by Gasteiger charge is -2.38. The number of hydrogen-bond acceptors (Lipinski definition) is 6. The number of amides is 1. The first kappa shape index (κ1) is 29.5. The number of benzene rings is 2. The molecule has 0 bridgehead atoms. The molecule has 0 aliphatic carbocycles. The standard InChI is InChI=1S/C31H42N4O4Si/c1-8-18-37-23-15-13-22(14-16-23)30-34-28-24(10-9-11-27(28)38-30)26(35-19-25(29(32)36)33-20-35)17-12-21(2)39-40(6,7)31(3,4)5/h9-11,13-16,19-21,26H,8,12,17-18H2,1-7H3,(H2,32,36)/t21-,26?/m0/s1. The van der Waals surface area contributed by atoms with E-state index < -0.39 is 14.2 Å². The normalized spacial score (nSPS) is 13.9. The van der Waals surface area contributed by atoms with Crippen molar-refractivity contribution in [3.8, 4) is 17.2 Å². The maximum atomic E-state index is 11.8. The van der Waals surface area contributed by atoms with Crippen LogP contribution in [-0.2, 0) is 4.43 Å².